The van der Waals surface area contributed by atoms with Crippen LogP contribution in [0.15, 0.2) is 11.8 Å². The lowest BCUT2D eigenvalue weighted by atomic mass is 9.45. The zero-order valence-electron chi connectivity index (χ0n) is 17.4. The van der Waals surface area contributed by atoms with Gasteiger partial charge in [0.15, 0.2) is 0 Å². The molecule has 4 aliphatic rings. The number of carbonyl (C=O) groups is 1. The maximum atomic E-state index is 12.6. The Balaban J connectivity index is 1.64. The maximum absolute atomic E-state index is 12.6. The second-order valence-electron chi connectivity index (χ2n) is 9.86. The molecule has 3 fully saturated rings. The van der Waals surface area contributed by atoms with Gasteiger partial charge < -0.3 is 10.6 Å². The SMILES string of the molecule is C[C@]12CCC(NOCCN)=CC1[C@@H](O[N+](=O)[O-])CC1C2CC[C@]2(C)C(=O)CCC12. The average molecular weight is 408 g/mol. The first-order valence-electron chi connectivity index (χ1n) is 10.9. The number of rotatable bonds is 6. The monoisotopic (exact) mass is 407 g/mol. The van der Waals surface area contributed by atoms with Crippen LogP contribution in [0.4, 0.5) is 0 Å². The Kier molecular flexibility index (Phi) is 5.36. The third-order valence-electron chi connectivity index (χ3n) is 8.62. The Bertz CT molecular complexity index is 712. The molecule has 7 atom stereocenters. The summed E-state index contributed by atoms with van der Waals surface area (Å²) in [5, 5.41) is 10.7. The molecule has 0 saturated heterocycles. The molecule has 4 aliphatic carbocycles. The first kappa shape index (κ1) is 20.6. The van der Waals surface area contributed by atoms with Crippen LogP contribution in [-0.2, 0) is 14.5 Å². The minimum absolute atomic E-state index is 0.0478. The molecule has 0 amide bonds. The van der Waals surface area contributed by atoms with Crippen LogP contribution in [-0.4, -0.2) is 30.1 Å². The molecule has 0 aliphatic heterocycles. The minimum Gasteiger partial charge on any atom is -0.328 e. The Labute approximate surface area is 171 Å². The Morgan fingerprint density at radius 2 is 2.07 bits per heavy atom. The Hall–Kier alpha value is -1.67. The van der Waals surface area contributed by atoms with Crippen molar-refractivity contribution < 1.29 is 19.6 Å². The molecule has 0 heterocycles. The van der Waals surface area contributed by atoms with Crippen molar-refractivity contribution in [2.75, 3.05) is 13.2 Å². The van der Waals surface area contributed by atoms with Gasteiger partial charge in [-0.1, -0.05) is 19.9 Å². The average Bonchev–Trinajstić information content (AvgIpc) is 2.97. The zero-order chi connectivity index (χ0) is 20.8. The van der Waals surface area contributed by atoms with Crippen LogP contribution in [0.1, 0.15) is 58.8 Å². The molecule has 8 heteroatoms. The lowest BCUT2D eigenvalue weighted by molar-refractivity contribution is -0.772. The highest BCUT2D eigenvalue weighted by molar-refractivity contribution is 5.87. The zero-order valence-corrected chi connectivity index (χ0v) is 17.4. The second kappa shape index (κ2) is 7.54. The fraction of sp³-hybridized carbons (Fsp3) is 0.857. The molecule has 3 saturated carbocycles. The smallest absolute Gasteiger partial charge is 0.294 e. The molecule has 3 N–H and O–H groups in total. The van der Waals surface area contributed by atoms with E-state index in [1.165, 1.54) is 0 Å². The van der Waals surface area contributed by atoms with Crippen molar-refractivity contribution in [3.8, 4) is 0 Å². The summed E-state index contributed by atoms with van der Waals surface area (Å²) in [6.45, 7) is 5.24. The van der Waals surface area contributed by atoms with Gasteiger partial charge in [-0.25, -0.2) is 0 Å². The summed E-state index contributed by atoms with van der Waals surface area (Å²) < 4.78 is 0. The molecule has 0 aromatic carbocycles. The molecular formula is C21H33N3O5. The van der Waals surface area contributed by atoms with Crippen LogP contribution in [0, 0.1) is 44.6 Å². The number of allylic oxidation sites excluding steroid dienone is 1. The molecule has 0 radical (unpaired) electrons. The first-order chi connectivity index (χ1) is 13.8. The van der Waals surface area contributed by atoms with E-state index in [1.54, 1.807) is 0 Å². The van der Waals surface area contributed by atoms with Gasteiger partial charge in [0.2, 0.25) is 0 Å². The molecule has 4 rings (SSSR count). The summed E-state index contributed by atoms with van der Waals surface area (Å²) in [6, 6.07) is 0. The number of nitrogens with one attached hydrogen (secondary N) is 1. The van der Waals surface area contributed by atoms with E-state index in [2.05, 4.69) is 25.4 Å². The third-order valence-corrected chi connectivity index (χ3v) is 8.62. The van der Waals surface area contributed by atoms with E-state index in [1.807, 2.05) is 0 Å². The van der Waals surface area contributed by atoms with Gasteiger partial charge in [0.25, 0.3) is 5.09 Å². The van der Waals surface area contributed by atoms with E-state index in [9.17, 15) is 14.9 Å². The summed E-state index contributed by atoms with van der Waals surface area (Å²) in [5.41, 5.74) is 9.08. The van der Waals surface area contributed by atoms with E-state index < -0.39 is 11.2 Å². The minimum atomic E-state index is -0.645. The fourth-order valence-electron chi connectivity index (χ4n) is 7.15. The number of hydroxylamine groups is 1. The van der Waals surface area contributed by atoms with Crippen molar-refractivity contribution in [3.05, 3.63) is 21.9 Å². The summed E-state index contributed by atoms with van der Waals surface area (Å²) in [4.78, 5) is 34.6. The van der Waals surface area contributed by atoms with Gasteiger partial charge in [0.05, 0.1) is 6.61 Å². The first-order valence-corrected chi connectivity index (χ1v) is 10.9. The van der Waals surface area contributed by atoms with Gasteiger partial charge >= 0.3 is 0 Å². The lowest BCUT2D eigenvalue weighted by Crippen LogP contribution is -2.57. The number of hydrogen-bond acceptors (Lipinski definition) is 7. The van der Waals surface area contributed by atoms with E-state index in [4.69, 9.17) is 15.4 Å². The number of fused-ring (bicyclic) bond motifs is 5. The largest absolute Gasteiger partial charge is 0.328 e. The van der Waals surface area contributed by atoms with Crippen LogP contribution in [0.2, 0.25) is 0 Å². The predicted octanol–water partition coefficient (Wildman–Crippen LogP) is 2.76. The van der Waals surface area contributed by atoms with Crippen LogP contribution in [0.25, 0.3) is 0 Å². The lowest BCUT2D eigenvalue weighted by Gasteiger charge is -2.60. The molecule has 0 bridgehead atoms. The van der Waals surface area contributed by atoms with Crippen molar-refractivity contribution in [3.63, 3.8) is 0 Å². The molecule has 29 heavy (non-hydrogen) atoms. The molecular weight excluding hydrogens is 374 g/mol. The number of Topliss-reactive ketones (excluding diaryl/α,β-unsaturated/α-hetero) is 1. The van der Waals surface area contributed by atoms with Crippen molar-refractivity contribution in [2.45, 2.75) is 64.9 Å². The summed E-state index contributed by atoms with van der Waals surface area (Å²) in [5.74, 6) is 1.43. The Morgan fingerprint density at radius 3 is 2.79 bits per heavy atom. The van der Waals surface area contributed by atoms with Gasteiger partial charge in [-0.15, -0.1) is 10.1 Å². The van der Waals surface area contributed by atoms with Crippen LogP contribution < -0.4 is 11.2 Å². The van der Waals surface area contributed by atoms with Gasteiger partial charge in [-0.3, -0.25) is 15.1 Å². The standard InChI is InChI=1S/C21H33N3O5/c1-20-7-5-13(23-28-10-9-22)11-17(20)18(29-24(26)27)12-14-15-3-4-19(25)21(15,2)8-6-16(14)20/h11,14-18,23H,3-10,12,22H2,1-2H3/t14?,15?,16?,17?,18-,20+,21-/m0/s1. The second-order valence-corrected chi connectivity index (χ2v) is 9.86. The number of carbonyl (C=O) groups excluding carboxylic acids is 1. The number of ketones is 1. The summed E-state index contributed by atoms with van der Waals surface area (Å²) >= 11 is 0. The van der Waals surface area contributed by atoms with Crippen LogP contribution in [0.3, 0.4) is 0 Å². The van der Waals surface area contributed by atoms with Gasteiger partial charge in [0, 0.05) is 30.0 Å². The maximum Gasteiger partial charge on any atom is 0.294 e. The third kappa shape index (κ3) is 3.34. The van der Waals surface area contributed by atoms with Gasteiger partial charge in [-0.05, 0) is 61.7 Å². The molecule has 0 spiro atoms. The van der Waals surface area contributed by atoms with Crippen molar-refractivity contribution in [1.82, 2.24) is 5.48 Å². The summed E-state index contributed by atoms with van der Waals surface area (Å²) in [7, 11) is 0. The van der Waals surface area contributed by atoms with E-state index >= 15 is 0 Å². The molecule has 0 aromatic heterocycles. The highest BCUT2D eigenvalue weighted by Gasteiger charge is 2.62. The Morgan fingerprint density at radius 1 is 1.28 bits per heavy atom. The fourth-order valence-corrected chi connectivity index (χ4v) is 7.15. The van der Waals surface area contributed by atoms with Crippen LogP contribution >= 0.6 is 0 Å². The quantitative estimate of drug-likeness (QED) is 0.395. The van der Waals surface area contributed by atoms with Crippen molar-refractivity contribution >= 4 is 5.78 Å². The number of hydrogen-bond donors (Lipinski definition) is 2. The van der Waals surface area contributed by atoms with Gasteiger partial charge in [-0.2, -0.15) is 0 Å². The summed E-state index contributed by atoms with van der Waals surface area (Å²) in [6.07, 6.45) is 7.55. The predicted molar refractivity (Wildman–Crippen MR) is 106 cm³/mol. The van der Waals surface area contributed by atoms with E-state index in [0.29, 0.717) is 49.5 Å². The van der Waals surface area contributed by atoms with Crippen LogP contribution in [0.5, 0.6) is 0 Å². The topological polar surface area (TPSA) is 117 Å². The van der Waals surface area contributed by atoms with E-state index in [0.717, 1.165) is 37.8 Å². The van der Waals surface area contributed by atoms with E-state index in [-0.39, 0.29) is 16.7 Å². The highest BCUT2D eigenvalue weighted by Crippen LogP contribution is 2.65. The van der Waals surface area contributed by atoms with Crippen molar-refractivity contribution in [2.24, 2.45) is 40.2 Å². The molecule has 8 nitrogen and oxygen atoms in total. The highest BCUT2D eigenvalue weighted by atomic mass is 17.0. The normalized spacial score (nSPS) is 43.6. The number of nitrogens with zero attached hydrogens (tertiary/aromatic N) is 1. The molecule has 162 valence electrons. The van der Waals surface area contributed by atoms with Gasteiger partial charge in [0.1, 0.15) is 11.9 Å². The number of nitrogens with two attached hydrogens (primary N) is 1. The molecule has 4 unspecified atom stereocenters. The molecule has 0 aromatic rings. The van der Waals surface area contributed by atoms with Crippen molar-refractivity contribution in [1.29, 1.82) is 0 Å².